The van der Waals surface area contributed by atoms with Gasteiger partial charge in [0.25, 0.3) is 0 Å². The molecule has 0 atom stereocenters. The van der Waals surface area contributed by atoms with Crippen molar-refractivity contribution in [3.8, 4) is 5.88 Å². The van der Waals surface area contributed by atoms with Crippen LogP contribution < -0.4 is 15.4 Å². The molecule has 2 fully saturated rings. The number of aliphatic imine (C=N–C) groups is 1. The second-order valence-electron chi connectivity index (χ2n) is 7.37. The minimum atomic E-state index is 0.224. The van der Waals surface area contributed by atoms with Crippen molar-refractivity contribution in [2.75, 3.05) is 47.0 Å². The molecule has 7 heteroatoms. The van der Waals surface area contributed by atoms with E-state index < -0.39 is 0 Å². The van der Waals surface area contributed by atoms with E-state index in [0.29, 0.717) is 12.4 Å². The van der Waals surface area contributed by atoms with Crippen LogP contribution in [0, 0.1) is 0 Å². The van der Waals surface area contributed by atoms with Crippen LogP contribution in [-0.4, -0.2) is 68.4 Å². The lowest BCUT2D eigenvalue weighted by atomic mass is 9.80. The Morgan fingerprint density at radius 1 is 1.22 bits per heavy atom. The molecule has 1 aromatic heterocycles. The molecule has 2 N–H and O–H groups in total. The van der Waals surface area contributed by atoms with Crippen molar-refractivity contribution in [3.63, 3.8) is 0 Å². The molecule has 27 heavy (non-hydrogen) atoms. The third kappa shape index (κ3) is 5.32. The van der Waals surface area contributed by atoms with Gasteiger partial charge in [0.1, 0.15) is 0 Å². The van der Waals surface area contributed by atoms with Gasteiger partial charge in [-0.2, -0.15) is 0 Å². The quantitative estimate of drug-likeness (QED) is 0.584. The minimum Gasteiger partial charge on any atom is -0.481 e. The van der Waals surface area contributed by atoms with Crippen LogP contribution in [-0.2, 0) is 11.3 Å². The first-order chi connectivity index (χ1) is 13.3. The zero-order chi connectivity index (χ0) is 19.0. The Labute approximate surface area is 162 Å². The first kappa shape index (κ1) is 19.9. The molecule has 150 valence electrons. The van der Waals surface area contributed by atoms with Crippen molar-refractivity contribution >= 4 is 5.96 Å². The summed E-state index contributed by atoms with van der Waals surface area (Å²) in [6.45, 7) is 5.36. The van der Waals surface area contributed by atoms with Crippen LogP contribution in [0.2, 0.25) is 0 Å². The predicted octanol–water partition coefficient (Wildman–Crippen LogP) is 1.79. The predicted molar refractivity (Wildman–Crippen MR) is 107 cm³/mol. The second kappa shape index (κ2) is 9.90. The number of morpholine rings is 1. The van der Waals surface area contributed by atoms with Crippen molar-refractivity contribution in [1.29, 1.82) is 0 Å². The van der Waals surface area contributed by atoms with Crippen LogP contribution in [0.1, 0.15) is 37.7 Å². The van der Waals surface area contributed by atoms with Gasteiger partial charge >= 0.3 is 0 Å². The van der Waals surface area contributed by atoms with E-state index in [1.165, 1.54) is 32.1 Å². The molecular weight excluding hydrogens is 342 g/mol. The Hall–Kier alpha value is -1.86. The summed E-state index contributed by atoms with van der Waals surface area (Å²) in [5, 5.41) is 6.98. The Bertz CT molecular complexity index is 593. The van der Waals surface area contributed by atoms with Crippen LogP contribution in [0.3, 0.4) is 0 Å². The van der Waals surface area contributed by atoms with Gasteiger partial charge in [-0.15, -0.1) is 0 Å². The lowest BCUT2D eigenvalue weighted by Gasteiger charge is -2.48. The normalized spacial score (nSPS) is 20.9. The Morgan fingerprint density at radius 2 is 2.00 bits per heavy atom. The minimum absolute atomic E-state index is 0.224. The van der Waals surface area contributed by atoms with Gasteiger partial charge in [0.05, 0.1) is 20.3 Å². The highest BCUT2D eigenvalue weighted by atomic mass is 16.5. The van der Waals surface area contributed by atoms with E-state index in [-0.39, 0.29) is 5.54 Å². The van der Waals surface area contributed by atoms with Crippen LogP contribution in [0.4, 0.5) is 0 Å². The molecule has 0 aromatic carbocycles. The van der Waals surface area contributed by atoms with Gasteiger partial charge in [-0.25, -0.2) is 4.98 Å². The zero-order valence-corrected chi connectivity index (χ0v) is 16.7. The first-order valence-electron chi connectivity index (χ1n) is 10.0. The molecule has 7 nitrogen and oxygen atoms in total. The van der Waals surface area contributed by atoms with Gasteiger partial charge < -0.3 is 20.1 Å². The molecule has 0 unspecified atom stereocenters. The maximum Gasteiger partial charge on any atom is 0.212 e. The molecule has 0 amide bonds. The van der Waals surface area contributed by atoms with Crippen molar-refractivity contribution < 1.29 is 9.47 Å². The monoisotopic (exact) mass is 375 g/mol. The third-order valence-corrected chi connectivity index (χ3v) is 5.74. The summed E-state index contributed by atoms with van der Waals surface area (Å²) in [7, 11) is 3.45. The van der Waals surface area contributed by atoms with E-state index in [9.17, 15) is 0 Å². The zero-order valence-electron chi connectivity index (χ0n) is 16.7. The van der Waals surface area contributed by atoms with E-state index in [1.807, 2.05) is 25.4 Å². The molecule has 3 rings (SSSR count). The number of guanidine groups is 1. The number of pyridine rings is 1. The third-order valence-electron chi connectivity index (χ3n) is 5.74. The van der Waals surface area contributed by atoms with Gasteiger partial charge in [-0.1, -0.05) is 25.3 Å². The number of ether oxygens (including phenoxy) is 2. The number of aromatic nitrogens is 1. The van der Waals surface area contributed by atoms with E-state index in [4.69, 9.17) is 9.47 Å². The summed E-state index contributed by atoms with van der Waals surface area (Å²) in [5.74, 6) is 1.47. The number of nitrogens with one attached hydrogen (secondary N) is 2. The smallest absolute Gasteiger partial charge is 0.212 e. The highest BCUT2D eigenvalue weighted by molar-refractivity contribution is 5.79. The topological polar surface area (TPSA) is 71.0 Å². The Morgan fingerprint density at radius 3 is 2.63 bits per heavy atom. The summed E-state index contributed by atoms with van der Waals surface area (Å²) in [6, 6.07) is 3.89. The van der Waals surface area contributed by atoms with E-state index in [1.54, 1.807) is 7.11 Å². The second-order valence-corrected chi connectivity index (χ2v) is 7.37. The lowest BCUT2D eigenvalue weighted by molar-refractivity contribution is -0.0352. The van der Waals surface area contributed by atoms with Crippen molar-refractivity contribution in [2.45, 2.75) is 44.2 Å². The van der Waals surface area contributed by atoms with Crippen LogP contribution in [0.25, 0.3) is 0 Å². The summed E-state index contributed by atoms with van der Waals surface area (Å²) in [4.78, 5) is 11.3. The molecule has 1 aliphatic heterocycles. The summed E-state index contributed by atoms with van der Waals surface area (Å²) >= 11 is 0. The average molecular weight is 376 g/mol. The van der Waals surface area contributed by atoms with Gasteiger partial charge in [0, 0.05) is 51.0 Å². The van der Waals surface area contributed by atoms with Gasteiger partial charge in [0.2, 0.25) is 5.88 Å². The molecule has 2 aliphatic rings. The average Bonchev–Trinajstić information content (AvgIpc) is 2.75. The van der Waals surface area contributed by atoms with Crippen LogP contribution in [0.15, 0.2) is 23.3 Å². The molecule has 1 saturated carbocycles. The molecule has 0 radical (unpaired) electrons. The number of rotatable bonds is 6. The maximum absolute atomic E-state index is 5.57. The molecule has 1 aromatic rings. The summed E-state index contributed by atoms with van der Waals surface area (Å²) in [6.07, 6.45) is 8.29. The van der Waals surface area contributed by atoms with Gasteiger partial charge in [-0.3, -0.25) is 9.89 Å². The Kier molecular flexibility index (Phi) is 7.29. The molecular formula is C20H33N5O2. The van der Waals surface area contributed by atoms with Gasteiger partial charge in [-0.05, 0) is 18.4 Å². The fraction of sp³-hybridized carbons (Fsp3) is 0.700. The maximum atomic E-state index is 5.57. The highest BCUT2D eigenvalue weighted by Crippen LogP contribution is 2.33. The number of hydrogen-bond donors (Lipinski definition) is 2. The largest absolute Gasteiger partial charge is 0.481 e. The fourth-order valence-corrected chi connectivity index (χ4v) is 4.14. The number of hydrogen-bond acceptors (Lipinski definition) is 5. The molecule has 2 heterocycles. The fourth-order valence-electron chi connectivity index (χ4n) is 4.14. The molecule has 0 spiro atoms. The van der Waals surface area contributed by atoms with E-state index in [0.717, 1.165) is 44.4 Å². The number of nitrogens with zero attached hydrogens (tertiary/aromatic N) is 3. The molecule has 1 saturated heterocycles. The van der Waals surface area contributed by atoms with Gasteiger partial charge in [0.15, 0.2) is 5.96 Å². The SMILES string of the molecule is CN=C(NCc1ccc(OC)nc1)NCC1(N2CCOCC2)CCCCC1. The van der Waals surface area contributed by atoms with Crippen molar-refractivity contribution in [1.82, 2.24) is 20.5 Å². The van der Waals surface area contributed by atoms with Crippen LogP contribution >= 0.6 is 0 Å². The standard InChI is InChI=1S/C20H33N5O2/c1-21-19(23-15-17-6-7-18(26-2)22-14-17)24-16-20(8-4-3-5-9-20)25-10-12-27-13-11-25/h6-7,14H,3-5,8-13,15-16H2,1-2H3,(H2,21,23,24). The molecule has 0 bridgehead atoms. The van der Waals surface area contributed by atoms with E-state index in [2.05, 4.69) is 25.5 Å². The van der Waals surface area contributed by atoms with Crippen molar-refractivity contribution in [2.24, 2.45) is 4.99 Å². The van der Waals surface area contributed by atoms with Crippen LogP contribution in [0.5, 0.6) is 5.88 Å². The lowest BCUT2D eigenvalue weighted by Crippen LogP contribution is -2.60. The molecule has 1 aliphatic carbocycles. The van der Waals surface area contributed by atoms with E-state index >= 15 is 0 Å². The summed E-state index contributed by atoms with van der Waals surface area (Å²) < 4.78 is 10.7. The number of methoxy groups -OCH3 is 1. The first-order valence-corrected chi connectivity index (χ1v) is 10.0. The highest BCUT2D eigenvalue weighted by Gasteiger charge is 2.38. The summed E-state index contributed by atoms with van der Waals surface area (Å²) in [5.41, 5.74) is 1.32. The van der Waals surface area contributed by atoms with Crippen molar-refractivity contribution in [3.05, 3.63) is 23.9 Å². The Balaban J connectivity index is 1.55.